The molecule has 19 heavy (non-hydrogen) atoms. The van der Waals surface area contributed by atoms with Gasteiger partial charge in [-0.1, -0.05) is 6.07 Å². The Morgan fingerprint density at radius 2 is 1.84 bits per heavy atom. The molecule has 98 valence electrons. The molecule has 0 bridgehead atoms. The molecule has 0 aliphatic rings. The number of benzene rings is 1. The van der Waals surface area contributed by atoms with Crippen LogP contribution in [0.2, 0.25) is 0 Å². The fourth-order valence-electron chi connectivity index (χ4n) is 1.61. The van der Waals surface area contributed by atoms with E-state index in [1.165, 1.54) is 5.56 Å². The highest BCUT2D eigenvalue weighted by Gasteiger charge is 2.07. The average molecular weight is 256 g/mol. The lowest BCUT2D eigenvalue weighted by atomic mass is 10.1. The van der Waals surface area contributed by atoms with Gasteiger partial charge in [0.25, 0.3) is 0 Å². The number of hydrogen-bond donors (Lipinski definition) is 2. The average Bonchev–Trinajstić information content (AvgIpc) is 2.33. The van der Waals surface area contributed by atoms with Gasteiger partial charge in [-0.3, -0.25) is 5.41 Å². The van der Waals surface area contributed by atoms with Crippen molar-refractivity contribution in [3.63, 3.8) is 0 Å². The first kappa shape index (κ1) is 13.0. The van der Waals surface area contributed by atoms with Crippen molar-refractivity contribution < 1.29 is 4.74 Å². The molecule has 0 saturated heterocycles. The van der Waals surface area contributed by atoms with Crippen LogP contribution in [-0.2, 0) is 0 Å². The summed E-state index contributed by atoms with van der Waals surface area (Å²) >= 11 is 0. The normalized spacial score (nSPS) is 10.3. The van der Waals surface area contributed by atoms with Crippen molar-refractivity contribution in [2.75, 3.05) is 0 Å². The van der Waals surface area contributed by atoms with Crippen LogP contribution in [0.25, 0.3) is 0 Å². The smallest absolute Gasteiger partial charge is 0.322 e. The zero-order valence-electron chi connectivity index (χ0n) is 11.2. The van der Waals surface area contributed by atoms with E-state index in [1.54, 1.807) is 13.0 Å². The summed E-state index contributed by atoms with van der Waals surface area (Å²) in [5.41, 5.74) is 8.83. The molecule has 0 fully saturated rings. The summed E-state index contributed by atoms with van der Waals surface area (Å²) in [6.45, 7) is 5.86. The Morgan fingerprint density at radius 3 is 2.47 bits per heavy atom. The number of ether oxygens (including phenoxy) is 1. The predicted molar refractivity (Wildman–Crippen MR) is 73.8 cm³/mol. The van der Waals surface area contributed by atoms with Gasteiger partial charge >= 0.3 is 6.01 Å². The molecule has 3 N–H and O–H groups in total. The minimum atomic E-state index is -0.101. The Balaban J connectivity index is 2.32. The Labute approximate surface area is 112 Å². The fraction of sp³-hybridized carbons (Fsp3) is 0.214. The zero-order valence-corrected chi connectivity index (χ0v) is 11.2. The van der Waals surface area contributed by atoms with Crippen LogP contribution in [0.4, 0.5) is 0 Å². The fourth-order valence-corrected chi connectivity index (χ4v) is 1.61. The van der Waals surface area contributed by atoms with Gasteiger partial charge in [-0.15, -0.1) is 0 Å². The highest BCUT2D eigenvalue weighted by molar-refractivity contribution is 5.93. The maximum Gasteiger partial charge on any atom is 0.322 e. The van der Waals surface area contributed by atoms with Crippen LogP contribution in [0.5, 0.6) is 11.8 Å². The molecule has 1 aromatic heterocycles. The Morgan fingerprint density at radius 1 is 1.11 bits per heavy atom. The van der Waals surface area contributed by atoms with Gasteiger partial charge in [-0.25, -0.2) is 4.98 Å². The number of aromatic nitrogens is 2. The second kappa shape index (κ2) is 5.06. The van der Waals surface area contributed by atoms with Crippen LogP contribution in [0.15, 0.2) is 24.3 Å². The third kappa shape index (κ3) is 3.07. The second-order valence-electron chi connectivity index (χ2n) is 4.44. The van der Waals surface area contributed by atoms with Gasteiger partial charge in [0.15, 0.2) is 0 Å². The number of nitrogen functional groups attached to an aromatic ring is 1. The maximum absolute atomic E-state index is 7.40. The number of hydrogen-bond acceptors (Lipinski definition) is 4. The first-order valence-electron chi connectivity index (χ1n) is 5.91. The monoisotopic (exact) mass is 256 g/mol. The third-order valence-electron chi connectivity index (χ3n) is 2.80. The molecule has 0 aliphatic carbocycles. The lowest BCUT2D eigenvalue weighted by Crippen LogP contribution is -2.14. The highest BCUT2D eigenvalue weighted by atomic mass is 16.5. The molecule has 0 saturated carbocycles. The molecule has 0 spiro atoms. The van der Waals surface area contributed by atoms with Gasteiger partial charge in [-0.2, -0.15) is 4.98 Å². The molecule has 0 amide bonds. The third-order valence-corrected chi connectivity index (χ3v) is 2.80. The molecule has 0 aliphatic heterocycles. The molecular formula is C14H16N4O. The molecule has 2 rings (SSSR count). The Hall–Kier alpha value is -2.43. The van der Waals surface area contributed by atoms with Gasteiger partial charge in [-0.05, 0) is 50.1 Å². The summed E-state index contributed by atoms with van der Waals surface area (Å²) in [6.07, 6.45) is 0. The van der Waals surface area contributed by atoms with Crippen molar-refractivity contribution in [3.8, 4) is 11.8 Å². The first-order valence-corrected chi connectivity index (χ1v) is 5.91. The Bertz CT molecular complexity index is 637. The van der Waals surface area contributed by atoms with Crippen molar-refractivity contribution in [3.05, 3.63) is 46.8 Å². The summed E-state index contributed by atoms with van der Waals surface area (Å²) in [5, 5.41) is 7.40. The number of nitrogens with zero attached hydrogens (tertiary/aromatic N) is 2. The lowest BCUT2D eigenvalue weighted by Gasteiger charge is -2.08. The van der Waals surface area contributed by atoms with Gasteiger partial charge in [0, 0.05) is 5.69 Å². The van der Waals surface area contributed by atoms with Crippen LogP contribution in [0.3, 0.4) is 0 Å². The minimum absolute atomic E-state index is 0.101. The molecular weight excluding hydrogens is 240 g/mol. The number of rotatable bonds is 3. The van der Waals surface area contributed by atoms with E-state index in [1.807, 2.05) is 32.0 Å². The van der Waals surface area contributed by atoms with Crippen molar-refractivity contribution in [1.29, 1.82) is 5.41 Å². The van der Waals surface area contributed by atoms with E-state index in [0.717, 1.165) is 5.56 Å². The number of aryl methyl sites for hydroxylation is 3. The van der Waals surface area contributed by atoms with Crippen LogP contribution in [0.1, 0.15) is 22.5 Å². The Kier molecular flexibility index (Phi) is 3.46. The maximum atomic E-state index is 7.40. The van der Waals surface area contributed by atoms with Gasteiger partial charge < -0.3 is 10.5 Å². The molecule has 5 nitrogen and oxygen atoms in total. The van der Waals surface area contributed by atoms with Crippen LogP contribution in [0, 0.1) is 26.2 Å². The topological polar surface area (TPSA) is 84.9 Å². The van der Waals surface area contributed by atoms with E-state index in [9.17, 15) is 0 Å². The molecule has 1 aromatic carbocycles. The standard InChI is InChI=1S/C14H16N4O/c1-8-4-5-11(6-9(8)2)19-14-17-10(3)7-12(18-14)13(15)16/h4-7H,1-3H3,(H3,15,16). The molecule has 0 radical (unpaired) electrons. The molecule has 2 aromatic rings. The van der Waals surface area contributed by atoms with Crippen LogP contribution in [-0.4, -0.2) is 15.8 Å². The van der Waals surface area contributed by atoms with Gasteiger partial charge in [0.1, 0.15) is 17.3 Å². The van der Waals surface area contributed by atoms with Crippen LogP contribution < -0.4 is 10.5 Å². The van der Waals surface area contributed by atoms with Crippen molar-refractivity contribution in [2.24, 2.45) is 5.73 Å². The minimum Gasteiger partial charge on any atom is -0.424 e. The number of nitrogens with one attached hydrogen (secondary N) is 1. The van der Waals surface area contributed by atoms with E-state index < -0.39 is 0 Å². The number of amidine groups is 1. The predicted octanol–water partition coefficient (Wildman–Crippen LogP) is 2.48. The van der Waals surface area contributed by atoms with Crippen molar-refractivity contribution in [2.45, 2.75) is 20.8 Å². The largest absolute Gasteiger partial charge is 0.424 e. The van der Waals surface area contributed by atoms with E-state index in [2.05, 4.69) is 9.97 Å². The van der Waals surface area contributed by atoms with E-state index >= 15 is 0 Å². The molecule has 5 heteroatoms. The number of nitrogens with two attached hydrogens (primary N) is 1. The SMILES string of the molecule is Cc1cc(C(=N)N)nc(Oc2ccc(C)c(C)c2)n1. The second-order valence-corrected chi connectivity index (χ2v) is 4.44. The van der Waals surface area contributed by atoms with Gasteiger partial charge in [0.05, 0.1) is 0 Å². The van der Waals surface area contributed by atoms with Gasteiger partial charge in [0.2, 0.25) is 0 Å². The van der Waals surface area contributed by atoms with Crippen molar-refractivity contribution in [1.82, 2.24) is 9.97 Å². The molecule has 0 unspecified atom stereocenters. The summed E-state index contributed by atoms with van der Waals surface area (Å²) in [4.78, 5) is 8.28. The summed E-state index contributed by atoms with van der Waals surface area (Å²) in [7, 11) is 0. The quantitative estimate of drug-likeness (QED) is 0.652. The summed E-state index contributed by atoms with van der Waals surface area (Å²) in [6, 6.07) is 7.62. The first-order chi connectivity index (χ1) is 8.95. The highest BCUT2D eigenvalue weighted by Crippen LogP contribution is 2.21. The van der Waals surface area contributed by atoms with Crippen LogP contribution >= 0.6 is 0 Å². The zero-order chi connectivity index (χ0) is 14.0. The lowest BCUT2D eigenvalue weighted by molar-refractivity contribution is 0.439. The van der Waals surface area contributed by atoms with E-state index in [-0.39, 0.29) is 11.8 Å². The summed E-state index contributed by atoms with van der Waals surface area (Å²) < 4.78 is 5.61. The molecule has 1 heterocycles. The van der Waals surface area contributed by atoms with Crippen molar-refractivity contribution >= 4 is 5.84 Å². The summed E-state index contributed by atoms with van der Waals surface area (Å²) in [5.74, 6) is 0.568. The van der Waals surface area contributed by atoms with E-state index in [0.29, 0.717) is 17.1 Å². The van der Waals surface area contributed by atoms with E-state index in [4.69, 9.17) is 15.9 Å². The molecule has 0 atom stereocenters.